The van der Waals surface area contributed by atoms with Crippen LogP contribution in [0.1, 0.15) is 67.2 Å². The molecule has 4 N–H and O–H groups in total. The maximum Gasteiger partial charge on any atom is 0.312 e. The Morgan fingerprint density at radius 1 is 1.00 bits per heavy atom. The van der Waals surface area contributed by atoms with Crippen molar-refractivity contribution in [1.82, 2.24) is 10.6 Å². The molecule has 0 saturated heterocycles. The molecule has 0 aliphatic carbocycles. The minimum atomic E-state index is -0.463. The predicted molar refractivity (Wildman–Crippen MR) is 84.4 cm³/mol. The molecule has 0 saturated carbocycles. The summed E-state index contributed by atoms with van der Waals surface area (Å²) in [7, 11) is 0. The van der Waals surface area contributed by atoms with Crippen molar-refractivity contribution in [3.63, 3.8) is 0 Å². The fourth-order valence-corrected chi connectivity index (χ4v) is 1.66. The minimum absolute atomic E-state index is 0.150. The van der Waals surface area contributed by atoms with Crippen molar-refractivity contribution < 1.29 is 9.59 Å². The lowest BCUT2D eigenvalue weighted by molar-refractivity contribution is -0.125. The van der Waals surface area contributed by atoms with Gasteiger partial charge in [-0.2, -0.15) is 0 Å². The van der Waals surface area contributed by atoms with Gasteiger partial charge in [0.25, 0.3) is 0 Å². The zero-order valence-electron chi connectivity index (χ0n) is 14.0. The largest absolute Gasteiger partial charge is 0.354 e. The Bertz CT molecular complexity index is 266. The van der Waals surface area contributed by atoms with Gasteiger partial charge in [-0.1, -0.05) is 26.7 Å². The Morgan fingerprint density at radius 3 is 1.75 bits per heavy atom. The van der Waals surface area contributed by atoms with Crippen LogP contribution >= 0.6 is 0 Å². The smallest absolute Gasteiger partial charge is 0.312 e. The van der Waals surface area contributed by atoms with Gasteiger partial charge >= 0.3 is 6.03 Å². The summed E-state index contributed by atoms with van der Waals surface area (Å²) in [6, 6.07) is -0.0457. The first kappa shape index (κ1) is 21.0. The second kappa shape index (κ2) is 12.8. The maximum atomic E-state index is 11.6. The van der Waals surface area contributed by atoms with Gasteiger partial charge in [-0.15, -0.1) is 0 Å². The van der Waals surface area contributed by atoms with Crippen LogP contribution in [0, 0.1) is 5.92 Å². The number of hydrogen-bond acceptors (Lipinski definition) is 2. The number of unbranched alkanes of at least 4 members (excludes halogenated alkanes) is 1. The van der Waals surface area contributed by atoms with E-state index in [0.717, 1.165) is 19.3 Å². The zero-order chi connectivity index (χ0) is 16.1. The van der Waals surface area contributed by atoms with Gasteiger partial charge in [0, 0.05) is 18.0 Å². The number of hydrogen-bond donors (Lipinski definition) is 3. The lowest BCUT2D eigenvalue weighted by atomic mass is 9.98. The number of nitrogens with two attached hydrogens (primary N) is 1. The van der Waals surface area contributed by atoms with Crippen LogP contribution in [0.4, 0.5) is 4.79 Å². The SMILES string of the molecule is CC(C)NC(N)=O.CCCCC(CC)C(=O)NC(C)C. The highest BCUT2D eigenvalue weighted by Crippen LogP contribution is 2.12. The number of nitrogens with one attached hydrogen (secondary N) is 2. The molecule has 20 heavy (non-hydrogen) atoms. The first-order chi connectivity index (χ1) is 9.24. The number of rotatable bonds is 7. The minimum Gasteiger partial charge on any atom is -0.354 e. The molecule has 5 nitrogen and oxygen atoms in total. The fourth-order valence-electron chi connectivity index (χ4n) is 1.66. The van der Waals surface area contributed by atoms with Crippen molar-refractivity contribution in [3.8, 4) is 0 Å². The van der Waals surface area contributed by atoms with E-state index in [2.05, 4.69) is 24.5 Å². The summed E-state index contributed by atoms with van der Waals surface area (Å²) < 4.78 is 0. The zero-order valence-corrected chi connectivity index (χ0v) is 14.0. The van der Waals surface area contributed by atoms with Gasteiger partial charge in [0.15, 0.2) is 0 Å². The van der Waals surface area contributed by atoms with Crippen molar-refractivity contribution in [2.24, 2.45) is 11.7 Å². The van der Waals surface area contributed by atoms with E-state index in [0.29, 0.717) is 0 Å². The summed E-state index contributed by atoms with van der Waals surface area (Å²) in [5.74, 6) is 0.452. The predicted octanol–water partition coefficient (Wildman–Crippen LogP) is 2.79. The molecule has 120 valence electrons. The van der Waals surface area contributed by atoms with Crippen LogP contribution in [0.25, 0.3) is 0 Å². The molecule has 1 atom stereocenters. The second-order valence-electron chi connectivity index (χ2n) is 5.57. The van der Waals surface area contributed by atoms with Crippen LogP contribution in [0.2, 0.25) is 0 Å². The Labute approximate surface area is 124 Å². The van der Waals surface area contributed by atoms with Crippen LogP contribution in [0.15, 0.2) is 0 Å². The molecule has 3 amide bonds. The number of carbonyl (C=O) groups is 2. The Morgan fingerprint density at radius 2 is 1.50 bits per heavy atom. The Hall–Kier alpha value is -1.26. The maximum absolute atomic E-state index is 11.6. The van der Waals surface area contributed by atoms with Gasteiger partial charge in [-0.25, -0.2) is 4.79 Å². The van der Waals surface area contributed by atoms with Crippen molar-refractivity contribution in [3.05, 3.63) is 0 Å². The lowest BCUT2D eigenvalue weighted by Gasteiger charge is -2.16. The number of carbonyl (C=O) groups excluding carboxylic acids is 2. The van der Waals surface area contributed by atoms with E-state index in [1.807, 2.05) is 27.7 Å². The molecule has 1 unspecified atom stereocenters. The number of amides is 3. The monoisotopic (exact) mass is 287 g/mol. The van der Waals surface area contributed by atoms with Gasteiger partial charge in [-0.3, -0.25) is 4.79 Å². The molecular formula is C15H33N3O2. The van der Waals surface area contributed by atoms with E-state index >= 15 is 0 Å². The van der Waals surface area contributed by atoms with Crippen molar-refractivity contribution in [2.45, 2.75) is 79.3 Å². The molecule has 0 aliphatic heterocycles. The van der Waals surface area contributed by atoms with Crippen molar-refractivity contribution in [2.75, 3.05) is 0 Å². The first-order valence-electron chi connectivity index (χ1n) is 7.60. The van der Waals surface area contributed by atoms with E-state index < -0.39 is 6.03 Å². The van der Waals surface area contributed by atoms with E-state index in [9.17, 15) is 9.59 Å². The van der Waals surface area contributed by atoms with E-state index in [1.165, 1.54) is 6.42 Å². The topological polar surface area (TPSA) is 84.2 Å². The molecule has 0 rings (SSSR count). The van der Waals surface area contributed by atoms with Gasteiger partial charge in [-0.05, 0) is 40.5 Å². The molecule has 0 fully saturated rings. The molecular weight excluding hydrogens is 254 g/mol. The molecule has 0 radical (unpaired) electrons. The summed E-state index contributed by atoms with van der Waals surface area (Å²) in [6.45, 7) is 12.0. The highest BCUT2D eigenvalue weighted by Gasteiger charge is 2.15. The molecule has 0 aliphatic rings. The third-order valence-electron chi connectivity index (χ3n) is 2.63. The van der Waals surface area contributed by atoms with Crippen LogP contribution in [-0.4, -0.2) is 24.0 Å². The highest BCUT2D eigenvalue weighted by molar-refractivity contribution is 5.78. The number of urea groups is 1. The summed E-state index contributed by atoms with van der Waals surface area (Å²) in [5.41, 5.74) is 4.74. The van der Waals surface area contributed by atoms with Gasteiger partial charge in [0.2, 0.25) is 5.91 Å². The quantitative estimate of drug-likeness (QED) is 0.672. The summed E-state index contributed by atoms with van der Waals surface area (Å²) in [6.07, 6.45) is 4.32. The van der Waals surface area contributed by atoms with Gasteiger partial charge in [0.05, 0.1) is 0 Å². The van der Waals surface area contributed by atoms with Gasteiger partial charge < -0.3 is 16.4 Å². The fraction of sp³-hybridized carbons (Fsp3) is 0.867. The van der Waals surface area contributed by atoms with E-state index in [4.69, 9.17) is 5.73 Å². The summed E-state index contributed by atoms with van der Waals surface area (Å²) in [5, 5.41) is 5.41. The number of primary amides is 1. The molecule has 0 aromatic rings. The second-order valence-corrected chi connectivity index (χ2v) is 5.57. The molecule has 5 heteroatoms. The molecule has 0 heterocycles. The van der Waals surface area contributed by atoms with Crippen LogP contribution in [-0.2, 0) is 4.79 Å². The van der Waals surface area contributed by atoms with Crippen molar-refractivity contribution >= 4 is 11.9 Å². The summed E-state index contributed by atoms with van der Waals surface area (Å²) >= 11 is 0. The van der Waals surface area contributed by atoms with E-state index in [-0.39, 0.29) is 23.9 Å². The van der Waals surface area contributed by atoms with Crippen LogP contribution in [0.5, 0.6) is 0 Å². The average molecular weight is 287 g/mol. The van der Waals surface area contributed by atoms with Gasteiger partial charge in [0.1, 0.15) is 0 Å². The lowest BCUT2D eigenvalue weighted by Crippen LogP contribution is -2.35. The van der Waals surface area contributed by atoms with Crippen LogP contribution in [0.3, 0.4) is 0 Å². The highest BCUT2D eigenvalue weighted by atomic mass is 16.2. The average Bonchev–Trinajstić information content (AvgIpc) is 2.27. The van der Waals surface area contributed by atoms with Crippen LogP contribution < -0.4 is 16.4 Å². The van der Waals surface area contributed by atoms with E-state index in [1.54, 1.807) is 0 Å². The normalized spacial score (nSPS) is 11.6. The standard InChI is InChI=1S/C11H23NO.C4H10N2O/c1-5-7-8-10(6-2)11(13)12-9(3)4;1-3(2)6-4(5)7/h9-10H,5-8H2,1-4H3,(H,12,13);3H,1-2H3,(H3,5,6,7). The molecule has 0 aromatic carbocycles. The van der Waals surface area contributed by atoms with Crippen molar-refractivity contribution in [1.29, 1.82) is 0 Å². The summed E-state index contributed by atoms with van der Waals surface area (Å²) in [4.78, 5) is 21.5. The molecule has 0 bridgehead atoms. The molecule has 0 aromatic heterocycles. The molecule has 0 spiro atoms. The third-order valence-corrected chi connectivity index (χ3v) is 2.63. The first-order valence-corrected chi connectivity index (χ1v) is 7.60. The Kier molecular flexibility index (Phi) is 13.4. The third kappa shape index (κ3) is 14.8. The Balaban J connectivity index is 0.